The van der Waals surface area contributed by atoms with E-state index >= 15 is 0 Å². The van der Waals surface area contributed by atoms with Crippen LogP contribution in [0.15, 0.2) is 54.6 Å². The second-order valence-electron chi connectivity index (χ2n) is 9.56. The van der Waals surface area contributed by atoms with E-state index in [0.717, 1.165) is 50.2 Å². The average Bonchev–Trinajstić information content (AvgIpc) is 2.83. The van der Waals surface area contributed by atoms with E-state index in [1.807, 2.05) is 57.2 Å². The van der Waals surface area contributed by atoms with Crippen molar-refractivity contribution in [2.45, 2.75) is 41.5 Å². The second kappa shape index (κ2) is 16.0. The third-order valence-electron chi connectivity index (χ3n) is 6.09. The maximum Gasteiger partial charge on any atom is 2.00 e. The van der Waals surface area contributed by atoms with Crippen molar-refractivity contribution in [1.29, 1.82) is 0 Å². The minimum absolute atomic E-state index is 0. The Labute approximate surface area is 290 Å². The summed E-state index contributed by atoms with van der Waals surface area (Å²) in [5.41, 5.74) is 25.4. The molecule has 0 saturated heterocycles. The third-order valence-corrected chi connectivity index (χ3v) is 6.09. The molecule has 12 heteroatoms. The topological polar surface area (TPSA) is 155 Å². The number of nitrogens with zero attached hydrogens (tertiary/aromatic N) is 6. The number of nitrogens with two attached hydrogens (primary N) is 3. The third kappa shape index (κ3) is 9.27. The van der Waals surface area contributed by atoms with Crippen molar-refractivity contribution in [2.75, 3.05) is 17.2 Å². The minimum atomic E-state index is 0. The fourth-order valence-electron chi connectivity index (χ4n) is 4.34. The van der Waals surface area contributed by atoms with E-state index in [1.165, 1.54) is 16.7 Å². The molecule has 1 radical (unpaired) electrons. The van der Waals surface area contributed by atoms with Crippen LogP contribution in [0.1, 0.15) is 33.8 Å². The average molecular weight is 832 g/mol. The summed E-state index contributed by atoms with van der Waals surface area (Å²) >= 11 is 0. The summed E-state index contributed by atoms with van der Waals surface area (Å²) in [7, 11) is 0. The van der Waals surface area contributed by atoms with Gasteiger partial charge < -0.3 is 65.2 Å². The Bertz CT molecular complexity index is 1600. The molecule has 0 aromatic carbocycles. The Balaban J connectivity index is 0.000000304. The van der Waals surface area contributed by atoms with E-state index in [1.54, 1.807) is 18.2 Å². The van der Waals surface area contributed by atoms with Crippen LogP contribution in [0.5, 0.6) is 0 Å². The van der Waals surface area contributed by atoms with Gasteiger partial charge in [-0.2, -0.15) is 0 Å². The number of fused-ring (bicyclic) bond motifs is 3. The number of aryl methyl sites for hydroxylation is 6. The Hall–Kier alpha value is -2.95. The standard InChI is InChI=1S/3C10H11N3.Co.2HI/c3*1-6-5-7(2)12-10-8(6)3-4-9(11)13-10;;;/h3*3-5H,1-2H3,(H2,11,12,13);;2*1H/q;;;+2;;/p-2. The van der Waals surface area contributed by atoms with Crippen molar-refractivity contribution in [1.82, 2.24) is 29.9 Å². The maximum atomic E-state index is 5.57. The van der Waals surface area contributed by atoms with Crippen LogP contribution in [0.4, 0.5) is 17.5 Å². The number of hydrogen-bond donors (Lipinski definition) is 3. The van der Waals surface area contributed by atoms with Crippen LogP contribution in [-0.4, -0.2) is 29.9 Å². The first-order valence-corrected chi connectivity index (χ1v) is 12.5. The molecule has 0 aliphatic heterocycles. The Morgan fingerprint density at radius 3 is 0.881 bits per heavy atom. The van der Waals surface area contributed by atoms with Crippen LogP contribution in [0.2, 0.25) is 0 Å². The summed E-state index contributed by atoms with van der Waals surface area (Å²) in [6.07, 6.45) is 0. The van der Waals surface area contributed by atoms with Crippen LogP contribution in [0, 0.1) is 41.5 Å². The number of rotatable bonds is 0. The molecule has 6 aromatic heterocycles. The Morgan fingerprint density at radius 1 is 0.405 bits per heavy atom. The van der Waals surface area contributed by atoms with Gasteiger partial charge in [0.25, 0.3) is 0 Å². The fourth-order valence-corrected chi connectivity index (χ4v) is 4.34. The van der Waals surface area contributed by atoms with Crippen molar-refractivity contribution < 1.29 is 64.7 Å². The molecule has 221 valence electrons. The summed E-state index contributed by atoms with van der Waals surface area (Å²) < 4.78 is 0. The smallest absolute Gasteiger partial charge is 1.00 e. The van der Waals surface area contributed by atoms with Crippen molar-refractivity contribution in [3.63, 3.8) is 0 Å². The van der Waals surface area contributed by atoms with Crippen molar-refractivity contribution in [2.24, 2.45) is 0 Å². The molecule has 0 spiro atoms. The molecule has 6 N–H and O–H groups in total. The summed E-state index contributed by atoms with van der Waals surface area (Å²) in [6.45, 7) is 12.0. The number of pyridine rings is 6. The summed E-state index contributed by atoms with van der Waals surface area (Å²) in [5, 5.41) is 3.21. The Kier molecular flexibility index (Phi) is 14.2. The van der Waals surface area contributed by atoms with E-state index in [-0.39, 0.29) is 64.7 Å². The molecule has 0 saturated carbocycles. The summed E-state index contributed by atoms with van der Waals surface area (Å²) in [5.74, 6) is 1.56. The molecule has 0 fully saturated rings. The van der Waals surface area contributed by atoms with E-state index in [2.05, 4.69) is 50.7 Å². The number of anilines is 3. The number of halogens is 2. The van der Waals surface area contributed by atoms with E-state index in [9.17, 15) is 0 Å². The molecule has 9 nitrogen and oxygen atoms in total. The number of hydrogen-bond acceptors (Lipinski definition) is 9. The van der Waals surface area contributed by atoms with Crippen molar-refractivity contribution in [3.8, 4) is 0 Å². The van der Waals surface area contributed by atoms with Crippen molar-refractivity contribution >= 4 is 50.6 Å². The van der Waals surface area contributed by atoms with Gasteiger partial charge in [-0.1, -0.05) is 0 Å². The maximum absolute atomic E-state index is 5.57. The van der Waals surface area contributed by atoms with Gasteiger partial charge in [-0.3, -0.25) is 0 Å². The SMILES string of the molecule is Cc1cc(C)c2ccc(N)nc2n1.Cc1cc(C)c2ccc(N)nc2n1.Cc1cc(C)c2ccc(N)nc2n1.[Co+2].[I-].[I-]. The zero-order chi connectivity index (χ0) is 28.3. The van der Waals surface area contributed by atoms with Gasteiger partial charge in [-0.25, -0.2) is 29.9 Å². The largest absolute Gasteiger partial charge is 2.00 e. The van der Waals surface area contributed by atoms with Crippen LogP contribution >= 0.6 is 0 Å². The van der Waals surface area contributed by atoms with Gasteiger partial charge >= 0.3 is 16.8 Å². The second-order valence-corrected chi connectivity index (χ2v) is 9.56. The zero-order valence-electron chi connectivity index (χ0n) is 24.2. The quantitative estimate of drug-likeness (QED) is 0.172. The first-order valence-electron chi connectivity index (χ1n) is 12.5. The first kappa shape index (κ1) is 37.1. The summed E-state index contributed by atoms with van der Waals surface area (Å²) in [4.78, 5) is 25.4. The van der Waals surface area contributed by atoms with Crippen LogP contribution in [-0.2, 0) is 16.8 Å². The molecule has 6 rings (SSSR count). The van der Waals surface area contributed by atoms with Crippen molar-refractivity contribution in [3.05, 3.63) is 88.4 Å². The van der Waals surface area contributed by atoms with E-state index in [4.69, 9.17) is 17.2 Å². The van der Waals surface area contributed by atoms with Gasteiger partial charge in [0.15, 0.2) is 16.9 Å². The molecule has 0 aliphatic rings. The molecular formula is C30H33CoI2N9. The number of nitrogen functional groups attached to an aromatic ring is 3. The van der Waals surface area contributed by atoms with Gasteiger partial charge in [-0.05, 0) is 113 Å². The first-order chi connectivity index (χ1) is 18.5. The minimum Gasteiger partial charge on any atom is -1.00 e. The van der Waals surface area contributed by atoms with E-state index < -0.39 is 0 Å². The molecular weight excluding hydrogens is 799 g/mol. The molecule has 0 amide bonds. The fraction of sp³-hybridized carbons (Fsp3) is 0.200. The predicted molar refractivity (Wildman–Crippen MR) is 160 cm³/mol. The zero-order valence-corrected chi connectivity index (χ0v) is 29.6. The van der Waals surface area contributed by atoms with Gasteiger partial charge in [-0.15, -0.1) is 0 Å². The Morgan fingerprint density at radius 2 is 0.643 bits per heavy atom. The number of aromatic nitrogens is 6. The van der Waals surface area contributed by atoms with Gasteiger partial charge in [0.1, 0.15) is 17.5 Å². The molecule has 0 unspecified atom stereocenters. The molecule has 0 aliphatic carbocycles. The normalized spacial score (nSPS) is 9.86. The molecule has 0 atom stereocenters. The van der Waals surface area contributed by atoms with Crippen LogP contribution < -0.4 is 65.2 Å². The summed E-state index contributed by atoms with van der Waals surface area (Å²) in [6, 6.07) is 17.4. The van der Waals surface area contributed by atoms with E-state index in [0.29, 0.717) is 17.5 Å². The van der Waals surface area contributed by atoms with Gasteiger partial charge in [0, 0.05) is 33.2 Å². The molecule has 6 heterocycles. The molecule has 6 aromatic rings. The van der Waals surface area contributed by atoms with Gasteiger partial charge in [0.05, 0.1) is 0 Å². The predicted octanol–water partition coefficient (Wildman–Crippen LogP) is -0.508. The molecule has 0 bridgehead atoms. The molecule has 42 heavy (non-hydrogen) atoms. The van der Waals surface area contributed by atoms with Gasteiger partial charge in [0.2, 0.25) is 0 Å². The van der Waals surface area contributed by atoms with Crippen LogP contribution in [0.3, 0.4) is 0 Å². The van der Waals surface area contributed by atoms with Crippen LogP contribution in [0.25, 0.3) is 33.1 Å². The monoisotopic (exact) mass is 832 g/mol.